The Morgan fingerprint density at radius 1 is 1.45 bits per heavy atom. The molecule has 1 heterocycles. The number of hydrogen-bond acceptors (Lipinski definition) is 4. The van der Waals surface area contributed by atoms with E-state index in [0.29, 0.717) is 5.75 Å². The smallest absolute Gasteiger partial charge is 0.142 e. The fourth-order valence-electron chi connectivity index (χ4n) is 2.07. The molecule has 0 aliphatic rings. The average Bonchev–Trinajstić information content (AvgIpc) is 2.90. The molecule has 20 heavy (non-hydrogen) atoms. The SMILES string of the molecule is CCC(N)C(Oc1cccc(CO)c1)c1cnn(C)c1. The summed E-state index contributed by atoms with van der Waals surface area (Å²) in [5.74, 6) is 0.703. The third kappa shape index (κ3) is 3.37. The van der Waals surface area contributed by atoms with Crippen LogP contribution >= 0.6 is 0 Å². The van der Waals surface area contributed by atoms with Crippen molar-refractivity contribution in [3.05, 3.63) is 47.8 Å². The van der Waals surface area contributed by atoms with Crippen LogP contribution in [0.1, 0.15) is 30.6 Å². The molecule has 0 radical (unpaired) electrons. The zero-order chi connectivity index (χ0) is 14.5. The number of ether oxygens (including phenoxy) is 1. The molecule has 2 atom stereocenters. The van der Waals surface area contributed by atoms with Crippen LogP contribution in [-0.4, -0.2) is 20.9 Å². The van der Waals surface area contributed by atoms with E-state index in [1.165, 1.54) is 0 Å². The Balaban J connectivity index is 2.23. The topological polar surface area (TPSA) is 73.3 Å². The monoisotopic (exact) mass is 275 g/mol. The van der Waals surface area contributed by atoms with Crippen LogP contribution in [0.3, 0.4) is 0 Å². The minimum absolute atomic E-state index is 0.00537. The summed E-state index contributed by atoms with van der Waals surface area (Å²) in [6.45, 7) is 2.02. The predicted octanol–water partition coefficient (Wildman–Crippen LogP) is 1.77. The number of aromatic nitrogens is 2. The normalized spacial score (nSPS) is 14.0. The van der Waals surface area contributed by atoms with Crippen molar-refractivity contribution in [1.29, 1.82) is 0 Å². The molecule has 0 saturated heterocycles. The van der Waals surface area contributed by atoms with Crippen LogP contribution in [0, 0.1) is 0 Å². The molecule has 5 nitrogen and oxygen atoms in total. The van der Waals surface area contributed by atoms with Gasteiger partial charge in [0.25, 0.3) is 0 Å². The van der Waals surface area contributed by atoms with Gasteiger partial charge in [-0.1, -0.05) is 19.1 Å². The summed E-state index contributed by atoms with van der Waals surface area (Å²) in [4.78, 5) is 0. The van der Waals surface area contributed by atoms with Gasteiger partial charge in [-0.3, -0.25) is 4.68 Å². The molecule has 0 bridgehead atoms. The van der Waals surface area contributed by atoms with Crippen molar-refractivity contribution in [2.75, 3.05) is 0 Å². The van der Waals surface area contributed by atoms with Gasteiger partial charge in [0, 0.05) is 24.8 Å². The first-order chi connectivity index (χ1) is 9.63. The molecule has 5 heteroatoms. The molecule has 0 spiro atoms. The van der Waals surface area contributed by atoms with E-state index in [4.69, 9.17) is 10.5 Å². The number of rotatable bonds is 6. The molecule has 0 saturated carbocycles. The quantitative estimate of drug-likeness (QED) is 0.842. The number of nitrogens with zero attached hydrogens (tertiary/aromatic N) is 2. The van der Waals surface area contributed by atoms with Crippen LogP contribution in [0.15, 0.2) is 36.7 Å². The van der Waals surface area contributed by atoms with Gasteiger partial charge in [0.05, 0.1) is 12.8 Å². The van der Waals surface area contributed by atoms with Crippen molar-refractivity contribution in [3.8, 4) is 5.75 Å². The number of aryl methyl sites for hydroxylation is 1. The van der Waals surface area contributed by atoms with Crippen molar-refractivity contribution < 1.29 is 9.84 Å². The average molecular weight is 275 g/mol. The van der Waals surface area contributed by atoms with Crippen molar-refractivity contribution in [3.63, 3.8) is 0 Å². The van der Waals surface area contributed by atoms with Gasteiger partial charge >= 0.3 is 0 Å². The highest BCUT2D eigenvalue weighted by Crippen LogP contribution is 2.25. The van der Waals surface area contributed by atoms with E-state index >= 15 is 0 Å². The minimum atomic E-state index is -0.248. The van der Waals surface area contributed by atoms with Crippen molar-refractivity contribution in [1.82, 2.24) is 9.78 Å². The number of aliphatic hydroxyl groups is 1. The van der Waals surface area contributed by atoms with E-state index in [1.807, 2.05) is 44.4 Å². The third-order valence-electron chi connectivity index (χ3n) is 3.26. The Labute approximate surface area is 119 Å². The number of hydrogen-bond donors (Lipinski definition) is 2. The first-order valence-corrected chi connectivity index (χ1v) is 6.74. The van der Waals surface area contributed by atoms with Crippen LogP contribution < -0.4 is 10.5 Å². The van der Waals surface area contributed by atoms with Gasteiger partial charge in [-0.15, -0.1) is 0 Å². The maximum absolute atomic E-state index is 9.18. The summed E-state index contributed by atoms with van der Waals surface area (Å²) < 4.78 is 7.75. The van der Waals surface area contributed by atoms with E-state index in [2.05, 4.69) is 5.10 Å². The molecule has 2 rings (SSSR count). The van der Waals surface area contributed by atoms with Gasteiger partial charge < -0.3 is 15.6 Å². The van der Waals surface area contributed by atoms with E-state index in [0.717, 1.165) is 17.5 Å². The molecule has 2 aromatic rings. The van der Waals surface area contributed by atoms with Crippen LogP contribution in [0.25, 0.3) is 0 Å². The lowest BCUT2D eigenvalue weighted by atomic mass is 10.0. The van der Waals surface area contributed by atoms with Crippen molar-refractivity contribution >= 4 is 0 Å². The highest BCUT2D eigenvalue weighted by molar-refractivity contribution is 5.29. The van der Waals surface area contributed by atoms with Crippen LogP contribution in [0.4, 0.5) is 0 Å². The lowest BCUT2D eigenvalue weighted by molar-refractivity contribution is 0.170. The largest absolute Gasteiger partial charge is 0.484 e. The molecule has 0 aliphatic heterocycles. The fraction of sp³-hybridized carbons (Fsp3) is 0.400. The minimum Gasteiger partial charge on any atom is -0.484 e. The summed E-state index contributed by atoms with van der Waals surface area (Å²) in [7, 11) is 1.87. The summed E-state index contributed by atoms with van der Waals surface area (Å²) in [5, 5.41) is 13.3. The number of benzene rings is 1. The second-order valence-corrected chi connectivity index (χ2v) is 4.86. The summed E-state index contributed by atoms with van der Waals surface area (Å²) in [6.07, 6.45) is 4.24. The molecule has 0 fully saturated rings. The first-order valence-electron chi connectivity index (χ1n) is 6.74. The van der Waals surface area contributed by atoms with Crippen LogP contribution in [0.2, 0.25) is 0 Å². The van der Waals surface area contributed by atoms with Gasteiger partial charge in [0.15, 0.2) is 0 Å². The van der Waals surface area contributed by atoms with Crippen LogP contribution in [-0.2, 0) is 13.7 Å². The Hall–Kier alpha value is -1.85. The molecule has 3 N–H and O–H groups in total. The lowest BCUT2D eigenvalue weighted by Crippen LogP contribution is -2.31. The van der Waals surface area contributed by atoms with Crippen LogP contribution in [0.5, 0.6) is 5.75 Å². The maximum atomic E-state index is 9.18. The zero-order valence-electron chi connectivity index (χ0n) is 11.9. The third-order valence-corrected chi connectivity index (χ3v) is 3.26. The lowest BCUT2D eigenvalue weighted by Gasteiger charge is -2.23. The molecule has 1 aromatic carbocycles. The highest BCUT2D eigenvalue weighted by Gasteiger charge is 2.22. The van der Waals surface area contributed by atoms with Gasteiger partial charge in [-0.25, -0.2) is 0 Å². The van der Waals surface area contributed by atoms with Gasteiger partial charge in [-0.2, -0.15) is 5.10 Å². The molecule has 0 aliphatic carbocycles. The first kappa shape index (κ1) is 14.6. The van der Waals surface area contributed by atoms with E-state index in [-0.39, 0.29) is 18.8 Å². The Bertz CT molecular complexity index is 554. The molecular formula is C15H21N3O2. The van der Waals surface area contributed by atoms with E-state index < -0.39 is 0 Å². The number of nitrogens with two attached hydrogens (primary N) is 1. The van der Waals surface area contributed by atoms with Gasteiger partial charge in [0.2, 0.25) is 0 Å². The summed E-state index contributed by atoms with van der Waals surface area (Å²) in [5.41, 5.74) is 7.94. The van der Waals surface area contributed by atoms with E-state index in [1.54, 1.807) is 10.9 Å². The van der Waals surface area contributed by atoms with Gasteiger partial charge in [0.1, 0.15) is 11.9 Å². The van der Waals surface area contributed by atoms with Crippen molar-refractivity contribution in [2.24, 2.45) is 12.8 Å². The molecular weight excluding hydrogens is 254 g/mol. The van der Waals surface area contributed by atoms with Crippen molar-refractivity contribution in [2.45, 2.75) is 32.1 Å². The molecule has 2 unspecified atom stereocenters. The maximum Gasteiger partial charge on any atom is 0.142 e. The Morgan fingerprint density at radius 3 is 2.85 bits per heavy atom. The zero-order valence-corrected chi connectivity index (χ0v) is 11.9. The predicted molar refractivity (Wildman–Crippen MR) is 77.2 cm³/mol. The Kier molecular flexibility index (Phi) is 4.76. The standard InChI is InChI=1S/C15H21N3O2/c1-3-14(16)15(12-8-17-18(2)9-12)20-13-6-4-5-11(7-13)10-19/h4-9,14-15,19H,3,10,16H2,1-2H3. The summed E-state index contributed by atoms with van der Waals surface area (Å²) >= 11 is 0. The highest BCUT2D eigenvalue weighted by atomic mass is 16.5. The van der Waals surface area contributed by atoms with E-state index in [9.17, 15) is 5.11 Å². The second kappa shape index (κ2) is 6.54. The summed E-state index contributed by atoms with van der Waals surface area (Å²) in [6, 6.07) is 7.29. The molecule has 108 valence electrons. The van der Waals surface area contributed by atoms with Gasteiger partial charge in [-0.05, 0) is 24.1 Å². The fourth-order valence-corrected chi connectivity index (χ4v) is 2.07. The second-order valence-electron chi connectivity index (χ2n) is 4.86. The molecule has 1 aromatic heterocycles. The number of aliphatic hydroxyl groups excluding tert-OH is 1. The molecule has 0 amide bonds. The Morgan fingerprint density at radius 2 is 2.25 bits per heavy atom.